The molecule has 1 aromatic heterocycles. The highest BCUT2D eigenvalue weighted by molar-refractivity contribution is 9.11. The van der Waals surface area contributed by atoms with Crippen LogP contribution in [0.1, 0.15) is 59.7 Å². The molecule has 4 heteroatoms. The van der Waals surface area contributed by atoms with Gasteiger partial charge in [-0.3, -0.25) is 0 Å². The molecule has 1 aliphatic rings. The number of rotatable bonds is 2. The maximum atomic E-state index is 11.2. The van der Waals surface area contributed by atoms with Crippen molar-refractivity contribution in [2.45, 2.75) is 44.4 Å². The van der Waals surface area contributed by atoms with Crippen molar-refractivity contribution in [3.05, 3.63) is 20.3 Å². The third-order valence-electron chi connectivity index (χ3n) is 3.22. The first-order valence-corrected chi connectivity index (χ1v) is 7.32. The summed E-state index contributed by atoms with van der Waals surface area (Å²) in [6, 6.07) is 2.00. The average molecular weight is 303 g/mol. The van der Waals surface area contributed by atoms with E-state index < -0.39 is 5.97 Å². The van der Waals surface area contributed by atoms with Crippen molar-refractivity contribution in [1.29, 1.82) is 0 Å². The monoisotopic (exact) mass is 302 g/mol. The number of halogens is 1. The number of hydrogen-bond donors (Lipinski definition) is 1. The van der Waals surface area contributed by atoms with Gasteiger partial charge in [0.25, 0.3) is 0 Å². The number of carboxylic acid groups (broad SMARTS) is 1. The summed E-state index contributed by atoms with van der Waals surface area (Å²) in [7, 11) is 0. The van der Waals surface area contributed by atoms with Crippen molar-refractivity contribution in [2.24, 2.45) is 0 Å². The zero-order valence-corrected chi connectivity index (χ0v) is 11.4. The molecule has 1 aliphatic carbocycles. The van der Waals surface area contributed by atoms with Crippen LogP contribution in [0.15, 0.2) is 9.85 Å². The van der Waals surface area contributed by atoms with Crippen LogP contribution in [0, 0.1) is 0 Å². The number of thiophene rings is 1. The van der Waals surface area contributed by atoms with E-state index in [1.807, 2.05) is 6.07 Å². The Labute approximate surface area is 108 Å². The van der Waals surface area contributed by atoms with Gasteiger partial charge in [-0.05, 0) is 46.3 Å². The summed E-state index contributed by atoms with van der Waals surface area (Å²) >= 11 is 4.73. The molecule has 88 valence electrons. The van der Waals surface area contributed by atoms with Crippen LogP contribution in [-0.4, -0.2) is 11.1 Å². The van der Waals surface area contributed by atoms with E-state index in [1.165, 1.54) is 37.0 Å². The minimum atomic E-state index is -0.782. The normalized spacial score (nSPS) is 18.3. The van der Waals surface area contributed by atoms with E-state index >= 15 is 0 Å². The van der Waals surface area contributed by atoms with Gasteiger partial charge in [0, 0.05) is 0 Å². The maximum Gasteiger partial charge on any atom is 0.346 e. The Morgan fingerprint density at radius 1 is 1.31 bits per heavy atom. The molecule has 2 nitrogen and oxygen atoms in total. The lowest BCUT2D eigenvalue weighted by atomic mass is 9.92. The number of hydrogen-bond acceptors (Lipinski definition) is 2. The van der Waals surface area contributed by atoms with Gasteiger partial charge >= 0.3 is 5.97 Å². The first kappa shape index (κ1) is 12.1. The Balaban J connectivity index is 2.26. The summed E-state index contributed by atoms with van der Waals surface area (Å²) in [5.41, 5.74) is 1.05. The van der Waals surface area contributed by atoms with Crippen LogP contribution in [0.25, 0.3) is 0 Å². The molecule has 0 bridgehead atoms. The Morgan fingerprint density at radius 3 is 2.50 bits per heavy atom. The molecule has 0 radical (unpaired) electrons. The molecule has 1 N–H and O–H groups in total. The van der Waals surface area contributed by atoms with Gasteiger partial charge in [-0.1, -0.05) is 25.7 Å². The molecular weight excluding hydrogens is 288 g/mol. The molecule has 0 unspecified atom stereocenters. The fraction of sp³-hybridized carbons (Fsp3) is 0.583. The molecule has 0 spiro atoms. The van der Waals surface area contributed by atoms with Crippen LogP contribution in [0.3, 0.4) is 0 Å². The quantitative estimate of drug-likeness (QED) is 0.808. The van der Waals surface area contributed by atoms with E-state index in [0.717, 1.165) is 22.2 Å². The topological polar surface area (TPSA) is 37.3 Å². The highest BCUT2D eigenvalue weighted by Gasteiger charge is 2.22. The molecule has 1 fully saturated rings. The van der Waals surface area contributed by atoms with Gasteiger partial charge in [0.1, 0.15) is 4.88 Å². The lowest BCUT2D eigenvalue weighted by Crippen LogP contribution is -2.03. The van der Waals surface area contributed by atoms with Gasteiger partial charge in [-0.15, -0.1) is 11.3 Å². The van der Waals surface area contributed by atoms with Gasteiger partial charge in [-0.2, -0.15) is 0 Å². The molecule has 1 aromatic rings. The number of carboxylic acids is 1. The molecule has 0 amide bonds. The van der Waals surface area contributed by atoms with Crippen molar-refractivity contribution >= 4 is 33.2 Å². The third-order valence-corrected chi connectivity index (χ3v) is 4.86. The first-order chi connectivity index (χ1) is 7.68. The molecule has 2 rings (SSSR count). The Hall–Kier alpha value is -0.350. The summed E-state index contributed by atoms with van der Waals surface area (Å²) in [4.78, 5) is 11.7. The number of carbonyl (C=O) groups is 1. The molecular formula is C12H15BrO2S. The highest BCUT2D eigenvalue weighted by atomic mass is 79.9. The zero-order valence-electron chi connectivity index (χ0n) is 9.04. The third kappa shape index (κ3) is 2.66. The molecule has 0 aromatic carbocycles. The van der Waals surface area contributed by atoms with E-state index in [0.29, 0.717) is 10.8 Å². The van der Waals surface area contributed by atoms with Crippen molar-refractivity contribution in [3.63, 3.8) is 0 Å². The van der Waals surface area contributed by atoms with E-state index in [9.17, 15) is 4.79 Å². The van der Waals surface area contributed by atoms with Crippen LogP contribution in [0.4, 0.5) is 0 Å². The molecule has 0 aliphatic heterocycles. The molecule has 16 heavy (non-hydrogen) atoms. The van der Waals surface area contributed by atoms with Gasteiger partial charge in [0.15, 0.2) is 0 Å². The predicted molar refractivity (Wildman–Crippen MR) is 69.4 cm³/mol. The first-order valence-electron chi connectivity index (χ1n) is 5.71. The van der Waals surface area contributed by atoms with Gasteiger partial charge in [-0.25, -0.2) is 4.79 Å². The standard InChI is InChI=1S/C12H15BrO2S/c13-10-7-9(11(16-10)12(14)15)8-5-3-1-2-4-6-8/h7-8H,1-6H2,(H,14,15). The Bertz CT molecular complexity index is 378. The van der Waals surface area contributed by atoms with E-state index in [1.54, 1.807) is 0 Å². The van der Waals surface area contributed by atoms with Crippen molar-refractivity contribution in [2.75, 3.05) is 0 Å². The van der Waals surface area contributed by atoms with Crippen molar-refractivity contribution in [1.82, 2.24) is 0 Å². The smallest absolute Gasteiger partial charge is 0.346 e. The minimum Gasteiger partial charge on any atom is -0.477 e. The summed E-state index contributed by atoms with van der Waals surface area (Å²) < 4.78 is 0.934. The molecule has 0 saturated heterocycles. The van der Waals surface area contributed by atoms with Crippen molar-refractivity contribution in [3.8, 4) is 0 Å². The fourth-order valence-electron chi connectivity index (χ4n) is 2.43. The van der Waals surface area contributed by atoms with E-state index in [-0.39, 0.29) is 0 Å². The maximum absolute atomic E-state index is 11.2. The summed E-state index contributed by atoms with van der Waals surface area (Å²) in [6.45, 7) is 0. The largest absolute Gasteiger partial charge is 0.477 e. The van der Waals surface area contributed by atoms with Crippen LogP contribution in [-0.2, 0) is 0 Å². The van der Waals surface area contributed by atoms with Crippen molar-refractivity contribution < 1.29 is 9.90 Å². The molecule has 1 heterocycles. The van der Waals surface area contributed by atoms with Gasteiger partial charge in [0.05, 0.1) is 3.79 Å². The van der Waals surface area contributed by atoms with E-state index in [2.05, 4.69) is 15.9 Å². The Morgan fingerprint density at radius 2 is 1.94 bits per heavy atom. The minimum absolute atomic E-state index is 0.455. The molecule has 0 atom stereocenters. The Kier molecular flexibility index (Phi) is 4.03. The second-order valence-electron chi connectivity index (χ2n) is 4.33. The van der Waals surface area contributed by atoms with Gasteiger partial charge in [0.2, 0.25) is 0 Å². The van der Waals surface area contributed by atoms with Crippen LogP contribution in [0.2, 0.25) is 0 Å². The van der Waals surface area contributed by atoms with Crippen LogP contribution >= 0.6 is 27.3 Å². The summed E-state index contributed by atoms with van der Waals surface area (Å²) in [6.07, 6.45) is 7.34. The van der Waals surface area contributed by atoms with Gasteiger partial charge < -0.3 is 5.11 Å². The van der Waals surface area contributed by atoms with Crippen LogP contribution < -0.4 is 0 Å². The highest BCUT2D eigenvalue weighted by Crippen LogP contribution is 2.38. The predicted octanol–water partition coefficient (Wildman–Crippen LogP) is 4.65. The second-order valence-corrected chi connectivity index (χ2v) is 6.76. The fourth-order valence-corrected chi connectivity index (χ4v) is 3.98. The van der Waals surface area contributed by atoms with E-state index in [4.69, 9.17) is 5.11 Å². The number of aromatic carboxylic acids is 1. The van der Waals surface area contributed by atoms with Crippen LogP contribution in [0.5, 0.6) is 0 Å². The average Bonchev–Trinajstić information content (AvgIpc) is 2.49. The summed E-state index contributed by atoms with van der Waals surface area (Å²) in [5, 5.41) is 9.17. The second kappa shape index (κ2) is 5.32. The zero-order chi connectivity index (χ0) is 11.5. The SMILES string of the molecule is O=C(O)c1sc(Br)cc1C1CCCCCC1. The lowest BCUT2D eigenvalue weighted by Gasteiger charge is -2.13. The summed E-state index contributed by atoms with van der Waals surface area (Å²) in [5.74, 6) is -0.328. The molecule has 1 saturated carbocycles. The lowest BCUT2D eigenvalue weighted by molar-refractivity contribution is 0.0700.